The van der Waals surface area contributed by atoms with E-state index in [1.807, 2.05) is 6.20 Å². The van der Waals surface area contributed by atoms with Crippen LogP contribution in [0.3, 0.4) is 0 Å². The summed E-state index contributed by atoms with van der Waals surface area (Å²) in [5, 5.41) is 2.32. The lowest BCUT2D eigenvalue weighted by molar-refractivity contribution is -0.649. The largest absolute Gasteiger partial charge is 0.458 e. The molecular formula is C66H64N4O. The second-order valence-electron chi connectivity index (χ2n) is 24.4. The van der Waals surface area contributed by atoms with Gasteiger partial charge in [0.15, 0.2) is 0 Å². The average Bonchev–Trinajstić information content (AvgIpc) is 3.95. The van der Waals surface area contributed by atoms with Gasteiger partial charge in [0.25, 0.3) is 0 Å². The third kappa shape index (κ3) is 6.71. The van der Waals surface area contributed by atoms with Gasteiger partial charge in [-0.05, 0) is 131 Å². The highest BCUT2D eigenvalue weighted by atomic mass is 16.5. The van der Waals surface area contributed by atoms with Gasteiger partial charge in [-0.25, -0.2) is 4.98 Å². The lowest BCUT2D eigenvalue weighted by Crippen LogP contribution is -2.38. The van der Waals surface area contributed by atoms with E-state index in [2.05, 4.69) is 256 Å². The summed E-state index contributed by atoms with van der Waals surface area (Å²) in [6.45, 7) is 28.6. The van der Waals surface area contributed by atoms with Crippen molar-refractivity contribution in [1.82, 2.24) is 14.1 Å². The molecule has 354 valence electrons. The molecule has 0 saturated carbocycles. The van der Waals surface area contributed by atoms with Crippen LogP contribution in [0.2, 0.25) is 0 Å². The van der Waals surface area contributed by atoms with E-state index >= 15 is 0 Å². The third-order valence-electron chi connectivity index (χ3n) is 15.5. The van der Waals surface area contributed by atoms with Crippen molar-refractivity contribution in [3.63, 3.8) is 0 Å². The quantitative estimate of drug-likeness (QED) is 0.130. The van der Waals surface area contributed by atoms with E-state index in [4.69, 9.17) is 9.72 Å². The lowest BCUT2D eigenvalue weighted by atomic mass is 9.60. The fraction of sp³-hybridized carbons (Fsp3) is 0.273. The Labute approximate surface area is 419 Å². The average molecular weight is 929 g/mol. The number of pyridine rings is 1. The first-order valence-electron chi connectivity index (χ1n) is 25.3. The number of fused-ring (bicyclic) bond motifs is 12. The van der Waals surface area contributed by atoms with E-state index in [0.717, 1.165) is 56.1 Å². The molecule has 12 rings (SSSR count). The number of ether oxygens (including phenoxy) is 1. The Morgan fingerprint density at radius 3 is 1.77 bits per heavy atom. The van der Waals surface area contributed by atoms with Crippen molar-refractivity contribution < 1.29 is 9.30 Å². The Morgan fingerprint density at radius 2 is 1.13 bits per heavy atom. The molecule has 1 aliphatic heterocycles. The molecule has 10 aromatic rings. The molecule has 0 atom stereocenters. The molecule has 0 bridgehead atoms. The zero-order valence-electron chi connectivity index (χ0n) is 43.6. The van der Waals surface area contributed by atoms with E-state index < -0.39 is 5.41 Å². The summed E-state index contributed by atoms with van der Waals surface area (Å²) in [6, 6.07) is 53.8. The first kappa shape index (κ1) is 44.9. The van der Waals surface area contributed by atoms with Gasteiger partial charge in [0.2, 0.25) is 6.33 Å². The number of imidazole rings is 1. The molecule has 1 spiro atoms. The molecule has 1 aliphatic carbocycles. The van der Waals surface area contributed by atoms with Crippen LogP contribution in [0.15, 0.2) is 152 Å². The van der Waals surface area contributed by atoms with Gasteiger partial charge < -0.3 is 13.9 Å². The second kappa shape index (κ2) is 15.1. The zero-order chi connectivity index (χ0) is 49.7. The number of nitrogens with zero attached hydrogens (tertiary/aromatic N) is 4. The number of aryl methyl sites for hydroxylation is 1. The highest BCUT2D eigenvalue weighted by Crippen LogP contribution is 2.65. The molecule has 0 saturated heterocycles. The Kier molecular flexibility index (Phi) is 9.58. The number of hydrogen-bond donors (Lipinski definition) is 0. The molecule has 0 radical (unpaired) electrons. The van der Waals surface area contributed by atoms with Gasteiger partial charge in [0, 0.05) is 23.0 Å². The van der Waals surface area contributed by atoms with Crippen LogP contribution < -0.4 is 9.30 Å². The number of aromatic nitrogens is 4. The molecule has 2 aliphatic rings. The number of para-hydroxylation sites is 2. The maximum Gasteiger partial charge on any atom is 0.244 e. The van der Waals surface area contributed by atoms with Crippen LogP contribution in [-0.4, -0.2) is 14.1 Å². The molecule has 71 heavy (non-hydrogen) atoms. The summed E-state index contributed by atoms with van der Waals surface area (Å²) in [5.41, 5.74) is 20.2. The van der Waals surface area contributed by atoms with Crippen LogP contribution in [-0.2, 0) is 34.1 Å². The minimum absolute atomic E-state index is 0.0618. The Morgan fingerprint density at radius 1 is 0.521 bits per heavy atom. The van der Waals surface area contributed by atoms with Gasteiger partial charge >= 0.3 is 0 Å². The van der Waals surface area contributed by atoms with Crippen LogP contribution in [0, 0.1) is 6.33 Å². The first-order chi connectivity index (χ1) is 33.6. The summed E-state index contributed by atoms with van der Waals surface area (Å²) in [4.78, 5) is 4.96. The topological polar surface area (TPSA) is 35.9 Å². The first-order valence-corrected chi connectivity index (χ1v) is 25.3. The monoisotopic (exact) mass is 929 g/mol. The maximum atomic E-state index is 7.11. The van der Waals surface area contributed by atoms with E-state index in [-0.39, 0.29) is 21.7 Å². The summed E-state index contributed by atoms with van der Waals surface area (Å²) >= 11 is 0. The minimum atomic E-state index is -0.660. The Balaban J connectivity index is 1.12. The minimum Gasteiger partial charge on any atom is -0.458 e. The van der Waals surface area contributed by atoms with Gasteiger partial charge in [-0.1, -0.05) is 180 Å². The predicted octanol–water partition coefficient (Wildman–Crippen LogP) is 16.1. The predicted molar refractivity (Wildman–Crippen MR) is 293 cm³/mol. The molecule has 0 fully saturated rings. The van der Waals surface area contributed by atoms with Crippen molar-refractivity contribution >= 4 is 32.8 Å². The van der Waals surface area contributed by atoms with Gasteiger partial charge in [-0.2, -0.15) is 0 Å². The summed E-state index contributed by atoms with van der Waals surface area (Å²) in [6.07, 6.45) is 5.70. The Bertz CT molecular complexity index is 3750. The summed E-state index contributed by atoms with van der Waals surface area (Å²) < 4.78 is 13.9. The summed E-state index contributed by atoms with van der Waals surface area (Å²) in [7, 11) is 2.13. The molecule has 0 N–H and O–H groups in total. The van der Waals surface area contributed by atoms with Crippen molar-refractivity contribution in [2.45, 2.75) is 110 Å². The van der Waals surface area contributed by atoms with Crippen molar-refractivity contribution in [2.75, 3.05) is 0 Å². The van der Waals surface area contributed by atoms with Crippen molar-refractivity contribution in [2.24, 2.45) is 7.05 Å². The Hall–Kier alpha value is -7.24. The molecule has 3 aromatic heterocycles. The fourth-order valence-electron chi connectivity index (χ4n) is 12.0. The standard InChI is InChI=1S/C66H64N4O/c1-62(2,3)42-33-48-49-34-43(63(4,5)6)36-53(65(10,11)12)60(49)66(59(48)52(35-42)64(7,8)9)50-29-27-45(38-57(50)69-39-68(13)55-25-19-23-51(66)61(55)69)71-44-26-28-47-46-22-17-18-24-54(46)70(56(47)37-44)58-32-41(30-31-67-58)40-20-15-14-16-21-40/h14-38H,1-13H3. The van der Waals surface area contributed by atoms with Crippen LogP contribution in [0.1, 0.15) is 128 Å². The van der Waals surface area contributed by atoms with E-state index in [0.29, 0.717) is 0 Å². The van der Waals surface area contributed by atoms with Crippen molar-refractivity contribution in [3.8, 4) is 45.3 Å². The van der Waals surface area contributed by atoms with E-state index in [1.165, 1.54) is 66.5 Å². The highest BCUT2D eigenvalue weighted by Gasteiger charge is 2.54. The molecule has 7 aromatic carbocycles. The van der Waals surface area contributed by atoms with Gasteiger partial charge in [-0.15, -0.1) is 0 Å². The van der Waals surface area contributed by atoms with Crippen molar-refractivity contribution in [1.29, 1.82) is 0 Å². The number of rotatable bonds is 4. The summed E-state index contributed by atoms with van der Waals surface area (Å²) in [5.74, 6) is 2.38. The molecule has 4 heterocycles. The van der Waals surface area contributed by atoms with Gasteiger partial charge in [0.1, 0.15) is 17.3 Å². The van der Waals surface area contributed by atoms with Crippen LogP contribution in [0.5, 0.6) is 11.5 Å². The van der Waals surface area contributed by atoms with Crippen LogP contribution >= 0.6 is 0 Å². The zero-order valence-corrected chi connectivity index (χ0v) is 43.6. The number of benzene rings is 7. The van der Waals surface area contributed by atoms with Crippen molar-refractivity contribution in [3.05, 3.63) is 203 Å². The fourth-order valence-corrected chi connectivity index (χ4v) is 12.0. The molecule has 5 nitrogen and oxygen atoms in total. The van der Waals surface area contributed by atoms with E-state index in [9.17, 15) is 0 Å². The van der Waals surface area contributed by atoms with Crippen LogP contribution in [0.25, 0.3) is 66.6 Å². The number of hydrogen-bond acceptors (Lipinski definition) is 2. The van der Waals surface area contributed by atoms with Gasteiger partial charge in [-0.3, -0.25) is 4.57 Å². The molecule has 0 unspecified atom stereocenters. The van der Waals surface area contributed by atoms with Gasteiger partial charge in [0.05, 0.1) is 40.2 Å². The smallest absolute Gasteiger partial charge is 0.244 e. The third-order valence-corrected chi connectivity index (χ3v) is 15.5. The molecule has 5 heteroatoms. The maximum absolute atomic E-state index is 7.11. The van der Waals surface area contributed by atoms with E-state index in [1.54, 1.807) is 0 Å². The second-order valence-corrected chi connectivity index (χ2v) is 24.4. The normalized spacial score (nSPS) is 14.1. The SMILES string of the molecule is C[n+]1[c-]n2c3c(cccc31)C1(c3ccc(Oc4ccc5c6ccccc6n(-c6cc(-c7ccccc7)ccn6)c5c4)cc3-2)c2c(cc(C(C)(C)C)cc2C(C)(C)C)-c2cc(C(C)(C)C)cc(C(C)(C)C)c21. The molecular weight excluding hydrogens is 865 g/mol. The highest BCUT2D eigenvalue weighted by molar-refractivity contribution is 6.09. The lowest BCUT2D eigenvalue weighted by Gasteiger charge is -2.45. The van der Waals surface area contributed by atoms with Crippen LogP contribution in [0.4, 0.5) is 0 Å². The molecule has 0 amide bonds.